The van der Waals surface area contributed by atoms with Crippen LogP contribution in [0.3, 0.4) is 0 Å². The third-order valence-electron chi connectivity index (χ3n) is 6.57. The van der Waals surface area contributed by atoms with Crippen LogP contribution in [0.1, 0.15) is 55.8 Å². The second kappa shape index (κ2) is 9.75. The summed E-state index contributed by atoms with van der Waals surface area (Å²) in [5.74, 6) is -0.0929. The number of piperidine rings is 1. The van der Waals surface area contributed by atoms with E-state index in [1.165, 1.54) is 12.1 Å². The molecule has 1 saturated carbocycles. The number of carbonyl (C=O) groups excluding carboxylic acids is 1. The lowest BCUT2D eigenvalue weighted by Gasteiger charge is -2.38. The van der Waals surface area contributed by atoms with Gasteiger partial charge in [0, 0.05) is 43.9 Å². The van der Waals surface area contributed by atoms with Crippen LogP contribution in [-0.2, 0) is 14.8 Å². The number of amides is 1. The fourth-order valence-corrected chi connectivity index (χ4v) is 6.16. The average molecular weight is 470 g/mol. The van der Waals surface area contributed by atoms with Crippen LogP contribution in [0.15, 0.2) is 23.1 Å². The zero-order valence-corrected chi connectivity index (χ0v) is 19.6. The molecule has 1 amide bonds. The molecule has 0 aromatic heterocycles. The number of nitrogens with one attached hydrogen (secondary N) is 1. The lowest BCUT2D eigenvalue weighted by molar-refractivity contribution is 0.0554. The Kier molecular flexibility index (Phi) is 7.23. The van der Waals surface area contributed by atoms with Gasteiger partial charge in [0.05, 0.1) is 11.1 Å². The van der Waals surface area contributed by atoms with E-state index in [2.05, 4.69) is 16.5 Å². The van der Waals surface area contributed by atoms with E-state index in [-0.39, 0.29) is 40.6 Å². The van der Waals surface area contributed by atoms with Gasteiger partial charge in [-0.05, 0) is 63.3 Å². The van der Waals surface area contributed by atoms with Crippen LogP contribution < -0.4 is 4.72 Å². The van der Waals surface area contributed by atoms with Crippen molar-refractivity contribution in [3.63, 3.8) is 0 Å². The van der Waals surface area contributed by atoms with E-state index in [1.54, 1.807) is 6.07 Å². The van der Waals surface area contributed by atoms with E-state index in [4.69, 9.17) is 16.3 Å². The van der Waals surface area contributed by atoms with Crippen LogP contribution in [0.4, 0.5) is 0 Å². The predicted molar refractivity (Wildman–Crippen MR) is 120 cm³/mol. The molecule has 1 aromatic carbocycles. The number of carbonyl (C=O) groups is 1. The van der Waals surface area contributed by atoms with Crippen molar-refractivity contribution in [2.75, 3.05) is 32.8 Å². The molecule has 0 radical (unpaired) electrons. The zero-order valence-electron chi connectivity index (χ0n) is 18.1. The smallest absolute Gasteiger partial charge is 0.254 e. The molecule has 9 heteroatoms. The van der Waals surface area contributed by atoms with Crippen LogP contribution in [0.2, 0.25) is 5.02 Å². The molecular weight excluding hydrogens is 438 g/mol. The van der Waals surface area contributed by atoms with Crippen molar-refractivity contribution < 1.29 is 17.9 Å². The summed E-state index contributed by atoms with van der Waals surface area (Å²) in [5, 5.41) is 0.116. The molecule has 7 nitrogen and oxygen atoms in total. The van der Waals surface area contributed by atoms with Crippen LogP contribution in [-0.4, -0.2) is 75.1 Å². The Morgan fingerprint density at radius 3 is 2.52 bits per heavy atom. The minimum Gasteiger partial charge on any atom is -0.377 e. The Bertz CT molecular complexity index is 892. The monoisotopic (exact) mass is 469 g/mol. The van der Waals surface area contributed by atoms with Gasteiger partial charge in [-0.1, -0.05) is 18.5 Å². The number of likely N-dealkylation sites (tertiary alicyclic amines) is 1. The molecule has 1 N–H and O–H groups in total. The molecule has 1 aromatic rings. The molecule has 1 aliphatic carbocycles. The molecule has 2 aliphatic heterocycles. The van der Waals surface area contributed by atoms with Crippen molar-refractivity contribution in [3.8, 4) is 0 Å². The number of hydrogen-bond acceptors (Lipinski definition) is 5. The maximum absolute atomic E-state index is 13.5. The summed E-state index contributed by atoms with van der Waals surface area (Å²) in [6.07, 6.45) is 5.60. The fraction of sp³-hybridized carbons (Fsp3) is 0.682. The van der Waals surface area contributed by atoms with Gasteiger partial charge >= 0.3 is 0 Å². The van der Waals surface area contributed by atoms with Gasteiger partial charge in [-0.15, -0.1) is 0 Å². The van der Waals surface area contributed by atoms with Crippen molar-refractivity contribution >= 4 is 27.5 Å². The third kappa shape index (κ3) is 5.42. The molecular formula is C22H32ClN3O4S. The number of nitrogens with zero attached hydrogens (tertiary/aromatic N) is 2. The van der Waals surface area contributed by atoms with Crippen molar-refractivity contribution in [1.82, 2.24) is 14.5 Å². The largest absolute Gasteiger partial charge is 0.377 e. The molecule has 0 spiro atoms. The van der Waals surface area contributed by atoms with E-state index in [9.17, 15) is 13.2 Å². The van der Waals surface area contributed by atoms with Crippen LogP contribution in [0, 0.1) is 0 Å². The van der Waals surface area contributed by atoms with Gasteiger partial charge in [0.1, 0.15) is 4.90 Å². The van der Waals surface area contributed by atoms with Crippen molar-refractivity contribution in [1.29, 1.82) is 0 Å². The SMILES string of the molecule is CCN1CCC(N(C(=O)c2ccc(Cl)c(S(=O)(=O)NCC3CCCO3)c2)C2CC2)CC1. The molecule has 31 heavy (non-hydrogen) atoms. The third-order valence-corrected chi connectivity index (χ3v) is 8.47. The van der Waals surface area contributed by atoms with Gasteiger partial charge in [0.15, 0.2) is 0 Å². The number of halogens is 1. The molecule has 1 atom stereocenters. The first-order valence-corrected chi connectivity index (χ1v) is 13.2. The fourth-order valence-electron chi connectivity index (χ4n) is 4.57. The first kappa shape index (κ1) is 23.0. The first-order chi connectivity index (χ1) is 14.9. The summed E-state index contributed by atoms with van der Waals surface area (Å²) in [7, 11) is -3.84. The number of ether oxygens (including phenoxy) is 1. The maximum Gasteiger partial charge on any atom is 0.254 e. The second-order valence-corrected chi connectivity index (χ2v) is 10.9. The van der Waals surface area contributed by atoms with Crippen molar-refractivity contribution in [2.24, 2.45) is 0 Å². The quantitative estimate of drug-likeness (QED) is 0.633. The Labute approximate surface area is 190 Å². The average Bonchev–Trinajstić information content (AvgIpc) is 3.46. The van der Waals surface area contributed by atoms with Crippen LogP contribution in [0.25, 0.3) is 0 Å². The van der Waals surface area contributed by atoms with Gasteiger partial charge in [-0.2, -0.15) is 0 Å². The minimum absolute atomic E-state index is 0.0467. The topological polar surface area (TPSA) is 79.0 Å². The van der Waals surface area contributed by atoms with Crippen LogP contribution in [0.5, 0.6) is 0 Å². The number of hydrogen-bond donors (Lipinski definition) is 1. The Balaban J connectivity index is 1.51. The highest BCUT2D eigenvalue weighted by Gasteiger charge is 2.39. The normalized spacial score (nSPS) is 23.2. The highest BCUT2D eigenvalue weighted by molar-refractivity contribution is 7.89. The minimum atomic E-state index is -3.84. The Morgan fingerprint density at radius 2 is 1.90 bits per heavy atom. The molecule has 1 unspecified atom stereocenters. The molecule has 172 valence electrons. The van der Waals surface area contributed by atoms with Gasteiger partial charge in [-0.25, -0.2) is 13.1 Å². The maximum atomic E-state index is 13.5. The summed E-state index contributed by atoms with van der Waals surface area (Å²) in [4.78, 5) is 17.8. The highest BCUT2D eigenvalue weighted by Crippen LogP contribution is 2.34. The molecule has 0 bridgehead atoms. The number of rotatable bonds is 8. The summed E-state index contributed by atoms with van der Waals surface area (Å²) >= 11 is 6.24. The number of benzene rings is 1. The molecule has 4 rings (SSSR count). The summed E-state index contributed by atoms with van der Waals surface area (Å²) < 4.78 is 33.9. The second-order valence-electron chi connectivity index (χ2n) is 8.74. The number of sulfonamides is 1. The van der Waals surface area contributed by atoms with Gasteiger partial charge in [-0.3, -0.25) is 4.79 Å². The van der Waals surface area contributed by atoms with Crippen LogP contribution >= 0.6 is 11.6 Å². The van der Waals surface area contributed by atoms with Crippen molar-refractivity contribution in [3.05, 3.63) is 28.8 Å². The summed E-state index contributed by atoms with van der Waals surface area (Å²) in [6, 6.07) is 5.05. The summed E-state index contributed by atoms with van der Waals surface area (Å²) in [5.41, 5.74) is 0.381. The van der Waals surface area contributed by atoms with Gasteiger partial charge in [0.25, 0.3) is 5.91 Å². The Hall–Kier alpha value is -1.19. The highest BCUT2D eigenvalue weighted by atomic mass is 35.5. The standard InChI is InChI=1S/C22H32ClN3O4S/c1-2-25-11-9-18(10-12-25)26(17-6-7-17)22(27)16-5-8-20(23)21(14-16)31(28,29)24-15-19-4-3-13-30-19/h5,8,14,17-19,24H,2-4,6-7,9-13,15H2,1H3. The first-order valence-electron chi connectivity index (χ1n) is 11.3. The molecule has 2 heterocycles. The van der Waals surface area contributed by atoms with E-state index in [0.717, 1.165) is 58.2 Å². The van der Waals surface area contributed by atoms with Gasteiger partial charge in [0.2, 0.25) is 10.0 Å². The van der Waals surface area contributed by atoms with E-state index >= 15 is 0 Å². The van der Waals surface area contributed by atoms with Crippen molar-refractivity contribution in [2.45, 2.75) is 68.5 Å². The lowest BCUT2D eigenvalue weighted by atomic mass is 10.0. The van der Waals surface area contributed by atoms with E-state index in [1.807, 2.05) is 4.90 Å². The zero-order chi connectivity index (χ0) is 22.0. The molecule has 3 aliphatic rings. The van der Waals surface area contributed by atoms with E-state index in [0.29, 0.717) is 12.2 Å². The molecule has 2 saturated heterocycles. The molecule has 3 fully saturated rings. The van der Waals surface area contributed by atoms with Gasteiger partial charge < -0.3 is 14.5 Å². The summed E-state index contributed by atoms with van der Waals surface area (Å²) in [6.45, 7) is 6.04. The Morgan fingerprint density at radius 1 is 1.19 bits per heavy atom. The lowest BCUT2D eigenvalue weighted by Crippen LogP contribution is -2.48. The van der Waals surface area contributed by atoms with E-state index < -0.39 is 10.0 Å². The predicted octanol–water partition coefficient (Wildman–Crippen LogP) is 2.89.